The molecule has 1 N–H and O–H groups in total. The van der Waals surface area contributed by atoms with Crippen LogP contribution in [0.5, 0.6) is 0 Å². The Morgan fingerprint density at radius 2 is 1.92 bits per heavy atom. The lowest BCUT2D eigenvalue weighted by Crippen LogP contribution is -2.40. The lowest BCUT2D eigenvalue weighted by Gasteiger charge is -2.38. The Morgan fingerprint density at radius 1 is 1.12 bits per heavy atom. The van der Waals surface area contributed by atoms with Crippen molar-refractivity contribution in [1.82, 2.24) is 19.8 Å². The van der Waals surface area contributed by atoms with Crippen LogP contribution in [-0.4, -0.2) is 39.6 Å². The van der Waals surface area contributed by atoms with Crippen molar-refractivity contribution in [2.24, 2.45) is 0 Å². The number of benzene rings is 1. The Kier molecular flexibility index (Phi) is 3.86. The molecule has 0 atom stereocenters. The third-order valence-corrected chi connectivity index (χ3v) is 4.68. The van der Waals surface area contributed by atoms with Gasteiger partial charge in [0.15, 0.2) is 5.65 Å². The maximum absolute atomic E-state index is 13.3. The van der Waals surface area contributed by atoms with Gasteiger partial charge in [0.05, 0.1) is 0 Å². The molecule has 0 aliphatic carbocycles. The second kappa shape index (κ2) is 6.16. The van der Waals surface area contributed by atoms with Gasteiger partial charge in [0.2, 0.25) is 0 Å². The van der Waals surface area contributed by atoms with E-state index in [4.69, 9.17) is 4.74 Å². The number of nitrogens with zero attached hydrogens (tertiary/aromatic N) is 4. The summed E-state index contributed by atoms with van der Waals surface area (Å²) < 4.78 is 20.4. The molecule has 0 radical (unpaired) electrons. The molecule has 24 heavy (non-hydrogen) atoms. The Morgan fingerprint density at radius 3 is 2.71 bits per heavy atom. The average Bonchev–Trinajstić information content (AvgIpc) is 3.09. The first-order valence-electron chi connectivity index (χ1n) is 8.00. The summed E-state index contributed by atoms with van der Waals surface area (Å²) in [6.45, 7) is 2.12. The SMILES string of the molecule is Fc1ccc(C2(CNc3ccc4nncn4n3)CCOCC2)cc1. The number of hydrogen-bond donors (Lipinski definition) is 1. The highest BCUT2D eigenvalue weighted by Gasteiger charge is 2.34. The van der Waals surface area contributed by atoms with E-state index in [0.29, 0.717) is 25.4 Å². The molecule has 1 saturated heterocycles. The van der Waals surface area contributed by atoms with Gasteiger partial charge in [-0.2, -0.15) is 4.52 Å². The van der Waals surface area contributed by atoms with Crippen LogP contribution < -0.4 is 5.32 Å². The van der Waals surface area contributed by atoms with Crippen molar-refractivity contribution in [1.29, 1.82) is 0 Å². The van der Waals surface area contributed by atoms with E-state index >= 15 is 0 Å². The normalized spacial score (nSPS) is 17.0. The Bertz CT molecular complexity index is 826. The second-order valence-corrected chi connectivity index (χ2v) is 6.11. The predicted molar refractivity (Wildman–Crippen MR) is 87.4 cm³/mol. The number of halogens is 1. The zero-order chi connectivity index (χ0) is 16.4. The Labute approximate surface area is 138 Å². The quantitative estimate of drug-likeness (QED) is 0.797. The van der Waals surface area contributed by atoms with Crippen LogP contribution in [-0.2, 0) is 10.2 Å². The number of nitrogens with one attached hydrogen (secondary N) is 1. The maximum atomic E-state index is 13.3. The molecule has 1 aliphatic rings. The molecule has 6 nitrogen and oxygen atoms in total. The predicted octanol–water partition coefficient (Wildman–Crippen LogP) is 2.42. The standard InChI is InChI=1S/C17H18FN5O/c18-14-3-1-13(2-4-14)17(7-9-24-10-8-17)11-19-15-5-6-16-21-20-12-23(16)22-15/h1-6,12H,7-11H2,(H,19,22). The molecule has 3 aromatic rings. The first-order valence-corrected chi connectivity index (χ1v) is 8.00. The van der Waals surface area contributed by atoms with Crippen molar-refractivity contribution < 1.29 is 9.13 Å². The van der Waals surface area contributed by atoms with Crippen LogP contribution >= 0.6 is 0 Å². The van der Waals surface area contributed by atoms with Crippen molar-refractivity contribution in [2.45, 2.75) is 18.3 Å². The third-order valence-electron chi connectivity index (χ3n) is 4.68. The molecule has 0 spiro atoms. The van der Waals surface area contributed by atoms with Crippen LogP contribution in [0.4, 0.5) is 10.2 Å². The zero-order valence-corrected chi connectivity index (χ0v) is 13.2. The van der Waals surface area contributed by atoms with E-state index in [9.17, 15) is 4.39 Å². The highest BCUT2D eigenvalue weighted by atomic mass is 19.1. The van der Waals surface area contributed by atoms with Gasteiger partial charge in [0.25, 0.3) is 0 Å². The summed E-state index contributed by atoms with van der Waals surface area (Å²) in [5.41, 5.74) is 1.75. The molecule has 1 aromatic carbocycles. The van der Waals surface area contributed by atoms with E-state index in [1.165, 1.54) is 12.1 Å². The molecule has 1 aliphatic heterocycles. The number of aromatic nitrogens is 4. The highest BCUT2D eigenvalue weighted by Crippen LogP contribution is 2.35. The highest BCUT2D eigenvalue weighted by molar-refractivity contribution is 5.44. The van der Waals surface area contributed by atoms with Crippen LogP contribution in [0.3, 0.4) is 0 Å². The number of rotatable bonds is 4. The molecule has 0 amide bonds. The van der Waals surface area contributed by atoms with E-state index in [1.807, 2.05) is 24.3 Å². The summed E-state index contributed by atoms with van der Waals surface area (Å²) in [6.07, 6.45) is 3.35. The van der Waals surface area contributed by atoms with E-state index in [1.54, 1.807) is 10.8 Å². The monoisotopic (exact) mass is 327 g/mol. The molecule has 0 bridgehead atoms. The third kappa shape index (κ3) is 2.82. The molecule has 1 fully saturated rings. The van der Waals surface area contributed by atoms with Gasteiger partial charge in [-0.3, -0.25) is 0 Å². The molecule has 7 heteroatoms. The summed E-state index contributed by atoms with van der Waals surface area (Å²) in [5, 5.41) is 15.6. The van der Waals surface area contributed by atoms with Gasteiger partial charge in [-0.25, -0.2) is 4.39 Å². The minimum atomic E-state index is -0.214. The van der Waals surface area contributed by atoms with Crippen LogP contribution in [0.15, 0.2) is 42.7 Å². The molecular weight excluding hydrogens is 309 g/mol. The minimum Gasteiger partial charge on any atom is -0.381 e. The van der Waals surface area contributed by atoms with Gasteiger partial charge >= 0.3 is 0 Å². The summed E-state index contributed by atoms with van der Waals surface area (Å²) >= 11 is 0. The van der Waals surface area contributed by atoms with Crippen molar-refractivity contribution in [2.75, 3.05) is 25.1 Å². The molecular formula is C17H18FN5O. The maximum Gasteiger partial charge on any atom is 0.177 e. The van der Waals surface area contributed by atoms with Gasteiger partial charge in [0, 0.05) is 25.2 Å². The Balaban J connectivity index is 1.58. The molecule has 3 heterocycles. The topological polar surface area (TPSA) is 64.3 Å². The van der Waals surface area contributed by atoms with E-state index in [-0.39, 0.29) is 11.2 Å². The molecule has 124 valence electrons. The van der Waals surface area contributed by atoms with Crippen molar-refractivity contribution in [3.8, 4) is 0 Å². The molecule has 0 unspecified atom stereocenters. The molecule has 2 aromatic heterocycles. The second-order valence-electron chi connectivity index (χ2n) is 6.11. The first-order chi connectivity index (χ1) is 11.8. The average molecular weight is 327 g/mol. The van der Waals surface area contributed by atoms with Gasteiger partial charge in [-0.15, -0.1) is 15.3 Å². The van der Waals surface area contributed by atoms with Crippen LogP contribution in [0, 0.1) is 5.82 Å². The van der Waals surface area contributed by atoms with Gasteiger partial charge in [0.1, 0.15) is 18.0 Å². The summed E-state index contributed by atoms with van der Waals surface area (Å²) in [4.78, 5) is 0. The lowest BCUT2D eigenvalue weighted by atomic mass is 9.74. The van der Waals surface area contributed by atoms with Crippen LogP contribution in [0.2, 0.25) is 0 Å². The smallest absolute Gasteiger partial charge is 0.177 e. The van der Waals surface area contributed by atoms with Crippen LogP contribution in [0.25, 0.3) is 5.65 Å². The number of ether oxygens (including phenoxy) is 1. The minimum absolute atomic E-state index is 0.0875. The number of hydrogen-bond acceptors (Lipinski definition) is 5. The number of anilines is 1. The summed E-state index contributed by atoms with van der Waals surface area (Å²) in [7, 11) is 0. The lowest BCUT2D eigenvalue weighted by molar-refractivity contribution is 0.0543. The van der Waals surface area contributed by atoms with Crippen LogP contribution in [0.1, 0.15) is 18.4 Å². The fourth-order valence-corrected chi connectivity index (χ4v) is 3.22. The fourth-order valence-electron chi connectivity index (χ4n) is 3.22. The van der Waals surface area contributed by atoms with Crippen molar-refractivity contribution in [3.63, 3.8) is 0 Å². The summed E-state index contributed by atoms with van der Waals surface area (Å²) in [6, 6.07) is 10.6. The van der Waals surface area contributed by atoms with Gasteiger partial charge in [-0.1, -0.05) is 12.1 Å². The van der Waals surface area contributed by atoms with Gasteiger partial charge < -0.3 is 10.1 Å². The number of fused-ring (bicyclic) bond motifs is 1. The molecule has 0 saturated carbocycles. The Hall–Kier alpha value is -2.54. The van der Waals surface area contributed by atoms with E-state index < -0.39 is 0 Å². The zero-order valence-electron chi connectivity index (χ0n) is 13.2. The largest absolute Gasteiger partial charge is 0.381 e. The van der Waals surface area contributed by atoms with E-state index in [2.05, 4.69) is 20.6 Å². The first kappa shape index (κ1) is 15.0. The summed E-state index contributed by atoms with van der Waals surface area (Å²) in [5.74, 6) is 0.545. The van der Waals surface area contributed by atoms with Gasteiger partial charge in [-0.05, 0) is 42.7 Å². The molecule has 4 rings (SSSR count). The fraction of sp³-hybridized carbons (Fsp3) is 0.353. The van der Waals surface area contributed by atoms with E-state index in [0.717, 1.165) is 24.2 Å². The van der Waals surface area contributed by atoms with Crippen molar-refractivity contribution >= 4 is 11.5 Å². The van der Waals surface area contributed by atoms with Crippen molar-refractivity contribution in [3.05, 3.63) is 54.1 Å².